The maximum Gasteiger partial charge on any atom is 0.308 e. The lowest BCUT2D eigenvalue weighted by Crippen LogP contribution is -2.11. The zero-order valence-corrected chi connectivity index (χ0v) is 9.52. The Morgan fingerprint density at radius 2 is 2.07 bits per heavy atom. The van der Waals surface area contributed by atoms with E-state index in [-0.39, 0.29) is 5.75 Å². The fourth-order valence-electron chi connectivity index (χ4n) is 0.902. The van der Waals surface area contributed by atoms with Crippen molar-refractivity contribution in [3.05, 3.63) is 28.8 Å². The normalized spacial score (nSPS) is 11.4. The Morgan fingerprint density at radius 1 is 1.43 bits per heavy atom. The van der Waals surface area contributed by atoms with Gasteiger partial charge in [-0.2, -0.15) is 8.42 Å². The maximum absolute atomic E-state index is 11.2. The van der Waals surface area contributed by atoms with Crippen LogP contribution in [0.3, 0.4) is 0 Å². The van der Waals surface area contributed by atoms with E-state index in [0.717, 1.165) is 0 Å². The first-order chi connectivity index (χ1) is 6.44. The van der Waals surface area contributed by atoms with E-state index in [0.29, 0.717) is 16.3 Å². The summed E-state index contributed by atoms with van der Waals surface area (Å²) in [5.74, 6) is 0.283. The van der Waals surface area contributed by atoms with Crippen molar-refractivity contribution in [1.29, 1.82) is 0 Å². The van der Waals surface area contributed by atoms with Crippen LogP contribution in [-0.4, -0.2) is 14.2 Å². The van der Waals surface area contributed by atoms with Gasteiger partial charge in [-0.25, -0.2) is 0 Å². The van der Waals surface area contributed by atoms with E-state index in [1.54, 1.807) is 25.1 Å². The molecular formula is C9H11ClO3S. The van der Waals surface area contributed by atoms with Crippen LogP contribution in [0.2, 0.25) is 5.02 Å². The minimum Gasteiger partial charge on any atom is -0.382 e. The van der Waals surface area contributed by atoms with Crippen LogP contribution in [-0.2, 0) is 10.1 Å². The molecule has 1 aromatic rings. The summed E-state index contributed by atoms with van der Waals surface area (Å²) in [6, 6.07) is 4.79. The molecule has 0 N–H and O–H groups in total. The molecule has 78 valence electrons. The highest BCUT2D eigenvalue weighted by molar-refractivity contribution is 7.87. The third-order valence-electron chi connectivity index (χ3n) is 1.71. The summed E-state index contributed by atoms with van der Waals surface area (Å²) < 4.78 is 27.2. The molecule has 3 nitrogen and oxygen atoms in total. The molecule has 0 heterocycles. The Morgan fingerprint density at radius 3 is 2.57 bits per heavy atom. The molecule has 0 aliphatic rings. The SMILES string of the molecule is CCS(=O)(=O)Oc1ccc(Cl)cc1C. The number of hydrogen-bond donors (Lipinski definition) is 0. The van der Waals surface area contributed by atoms with Gasteiger partial charge in [-0.15, -0.1) is 0 Å². The molecule has 0 fully saturated rings. The Bertz CT molecular complexity index is 426. The predicted octanol–water partition coefficient (Wildman–Crippen LogP) is 2.38. The van der Waals surface area contributed by atoms with Crippen molar-refractivity contribution < 1.29 is 12.6 Å². The maximum atomic E-state index is 11.2. The number of aryl methyl sites for hydroxylation is 1. The van der Waals surface area contributed by atoms with Gasteiger partial charge in [0.1, 0.15) is 5.75 Å². The summed E-state index contributed by atoms with van der Waals surface area (Å²) in [4.78, 5) is 0. The summed E-state index contributed by atoms with van der Waals surface area (Å²) in [5, 5.41) is 0.559. The van der Waals surface area contributed by atoms with Gasteiger partial charge < -0.3 is 4.18 Å². The smallest absolute Gasteiger partial charge is 0.308 e. The zero-order chi connectivity index (χ0) is 10.8. The largest absolute Gasteiger partial charge is 0.382 e. The average molecular weight is 235 g/mol. The van der Waals surface area contributed by atoms with Crippen LogP contribution in [0.15, 0.2) is 18.2 Å². The third kappa shape index (κ3) is 2.89. The monoisotopic (exact) mass is 234 g/mol. The second-order valence-electron chi connectivity index (χ2n) is 2.84. The van der Waals surface area contributed by atoms with E-state index in [2.05, 4.69) is 0 Å². The topological polar surface area (TPSA) is 43.4 Å². The summed E-state index contributed by atoms with van der Waals surface area (Å²) in [7, 11) is -3.45. The first kappa shape index (κ1) is 11.3. The van der Waals surface area contributed by atoms with Gasteiger partial charge in [0.15, 0.2) is 0 Å². The van der Waals surface area contributed by atoms with Gasteiger partial charge in [-0.05, 0) is 37.6 Å². The van der Waals surface area contributed by atoms with E-state index < -0.39 is 10.1 Å². The van der Waals surface area contributed by atoms with E-state index in [9.17, 15) is 8.42 Å². The minimum atomic E-state index is -3.45. The molecule has 5 heteroatoms. The quantitative estimate of drug-likeness (QED) is 0.755. The number of hydrogen-bond acceptors (Lipinski definition) is 3. The first-order valence-corrected chi connectivity index (χ1v) is 6.08. The molecule has 14 heavy (non-hydrogen) atoms. The molecule has 0 aliphatic carbocycles. The molecule has 0 saturated heterocycles. The Labute approximate surface area is 88.8 Å². The highest BCUT2D eigenvalue weighted by Gasteiger charge is 2.10. The highest BCUT2D eigenvalue weighted by Crippen LogP contribution is 2.23. The van der Waals surface area contributed by atoms with Crippen molar-refractivity contribution in [1.82, 2.24) is 0 Å². The molecule has 0 radical (unpaired) electrons. The molecule has 0 unspecified atom stereocenters. The van der Waals surface area contributed by atoms with Crippen molar-refractivity contribution in [2.24, 2.45) is 0 Å². The second kappa shape index (κ2) is 4.19. The van der Waals surface area contributed by atoms with Crippen molar-refractivity contribution in [2.45, 2.75) is 13.8 Å². The average Bonchev–Trinajstić information content (AvgIpc) is 2.10. The molecule has 0 atom stereocenters. The number of rotatable bonds is 3. The first-order valence-electron chi connectivity index (χ1n) is 4.13. The van der Waals surface area contributed by atoms with Crippen molar-refractivity contribution in [3.8, 4) is 5.75 Å². The van der Waals surface area contributed by atoms with E-state index in [1.165, 1.54) is 6.92 Å². The van der Waals surface area contributed by atoms with Crippen LogP contribution in [0.5, 0.6) is 5.75 Å². The number of benzene rings is 1. The van der Waals surface area contributed by atoms with Crippen LogP contribution in [0, 0.1) is 6.92 Å². The zero-order valence-electron chi connectivity index (χ0n) is 7.95. The number of halogens is 1. The Hall–Kier alpha value is -0.740. The Balaban J connectivity index is 2.99. The van der Waals surface area contributed by atoms with Gasteiger partial charge in [0.25, 0.3) is 0 Å². The van der Waals surface area contributed by atoms with Gasteiger partial charge in [0.05, 0.1) is 5.75 Å². The highest BCUT2D eigenvalue weighted by atomic mass is 35.5. The van der Waals surface area contributed by atoms with E-state index in [4.69, 9.17) is 15.8 Å². The molecular weight excluding hydrogens is 224 g/mol. The van der Waals surface area contributed by atoms with Crippen molar-refractivity contribution >= 4 is 21.7 Å². The predicted molar refractivity (Wildman–Crippen MR) is 56.3 cm³/mol. The summed E-state index contributed by atoms with van der Waals surface area (Å²) in [6.45, 7) is 3.27. The second-order valence-corrected chi connectivity index (χ2v) is 5.14. The van der Waals surface area contributed by atoms with E-state index >= 15 is 0 Å². The molecule has 0 amide bonds. The van der Waals surface area contributed by atoms with Crippen LogP contribution < -0.4 is 4.18 Å². The minimum absolute atomic E-state index is 0.0466. The molecule has 1 aromatic carbocycles. The van der Waals surface area contributed by atoms with Crippen LogP contribution >= 0.6 is 11.6 Å². The lowest BCUT2D eigenvalue weighted by atomic mass is 10.2. The fourth-order valence-corrected chi connectivity index (χ4v) is 1.71. The standard InChI is InChI=1S/C9H11ClO3S/c1-3-14(11,12)13-9-5-4-8(10)6-7(9)2/h4-6H,3H2,1-2H3. The van der Waals surface area contributed by atoms with Crippen LogP contribution in [0.1, 0.15) is 12.5 Å². The Kier molecular flexibility index (Phi) is 3.39. The molecule has 0 bridgehead atoms. The molecule has 0 saturated carbocycles. The van der Waals surface area contributed by atoms with Gasteiger partial charge >= 0.3 is 10.1 Å². The van der Waals surface area contributed by atoms with Gasteiger partial charge in [0, 0.05) is 5.02 Å². The molecule has 0 spiro atoms. The van der Waals surface area contributed by atoms with Crippen molar-refractivity contribution in [3.63, 3.8) is 0 Å². The third-order valence-corrected chi connectivity index (χ3v) is 3.08. The van der Waals surface area contributed by atoms with Crippen LogP contribution in [0.25, 0.3) is 0 Å². The van der Waals surface area contributed by atoms with Crippen LogP contribution in [0.4, 0.5) is 0 Å². The van der Waals surface area contributed by atoms with Crippen molar-refractivity contribution in [2.75, 3.05) is 5.75 Å². The van der Waals surface area contributed by atoms with Gasteiger partial charge in [-0.3, -0.25) is 0 Å². The van der Waals surface area contributed by atoms with Gasteiger partial charge in [-0.1, -0.05) is 11.6 Å². The fraction of sp³-hybridized carbons (Fsp3) is 0.333. The summed E-state index contributed by atoms with van der Waals surface area (Å²) >= 11 is 5.72. The van der Waals surface area contributed by atoms with Gasteiger partial charge in [0.2, 0.25) is 0 Å². The summed E-state index contributed by atoms with van der Waals surface area (Å²) in [5.41, 5.74) is 0.703. The molecule has 0 aliphatic heterocycles. The molecule has 0 aromatic heterocycles. The lowest BCUT2D eigenvalue weighted by Gasteiger charge is -2.07. The lowest BCUT2D eigenvalue weighted by molar-refractivity contribution is 0.485. The van der Waals surface area contributed by atoms with E-state index in [1.807, 2.05) is 0 Å². The molecule has 1 rings (SSSR count). The summed E-state index contributed by atoms with van der Waals surface area (Å²) in [6.07, 6.45) is 0.